The summed E-state index contributed by atoms with van der Waals surface area (Å²) in [6.07, 6.45) is 1.82. The highest BCUT2D eigenvalue weighted by molar-refractivity contribution is 8.19. The zero-order valence-electron chi connectivity index (χ0n) is 15.9. The van der Waals surface area contributed by atoms with E-state index in [9.17, 15) is 4.79 Å². The molecule has 5 nitrogen and oxygen atoms in total. The van der Waals surface area contributed by atoms with Crippen molar-refractivity contribution in [3.05, 3.63) is 87.2 Å². The Balaban J connectivity index is 1.54. The van der Waals surface area contributed by atoms with Crippen LogP contribution in [0.2, 0.25) is 10.0 Å². The van der Waals surface area contributed by atoms with E-state index in [4.69, 9.17) is 32.7 Å². The van der Waals surface area contributed by atoms with Crippen molar-refractivity contribution in [3.8, 4) is 11.5 Å². The van der Waals surface area contributed by atoms with Crippen molar-refractivity contribution in [2.24, 2.45) is 4.99 Å². The summed E-state index contributed by atoms with van der Waals surface area (Å²) in [6, 6.07) is 19.8. The molecule has 0 unspecified atom stereocenters. The van der Waals surface area contributed by atoms with Crippen LogP contribution < -0.4 is 14.4 Å². The number of amidine groups is 1. The standard InChI is InChI=1S/C23H14Cl2N2O3S/c24-15-2-6-17(7-3-15)26-23-27(18-8-4-16(25)5-9-18)22(28)21(31-23)12-14-1-10-19-20(11-14)30-13-29-19/h1-12H,13H2/b21-12-,26-23?. The molecule has 3 aromatic carbocycles. The van der Waals surface area contributed by atoms with Crippen LogP contribution in [0.5, 0.6) is 11.5 Å². The number of fused-ring (bicyclic) bond motifs is 1. The molecule has 2 heterocycles. The highest BCUT2D eigenvalue weighted by Gasteiger charge is 2.34. The number of carbonyl (C=O) groups is 1. The number of halogens is 2. The number of anilines is 1. The van der Waals surface area contributed by atoms with Crippen molar-refractivity contribution in [3.63, 3.8) is 0 Å². The van der Waals surface area contributed by atoms with Crippen molar-refractivity contribution in [2.45, 2.75) is 0 Å². The SMILES string of the molecule is O=C1/C(=C/c2ccc3c(c2)OCO3)SC(=Nc2ccc(Cl)cc2)N1c1ccc(Cl)cc1. The molecule has 154 valence electrons. The number of hydrogen-bond acceptors (Lipinski definition) is 5. The summed E-state index contributed by atoms with van der Waals surface area (Å²) in [5.74, 6) is 1.19. The second-order valence-electron chi connectivity index (χ2n) is 6.71. The minimum atomic E-state index is -0.169. The molecule has 1 amide bonds. The van der Waals surface area contributed by atoms with Gasteiger partial charge in [-0.15, -0.1) is 0 Å². The van der Waals surface area contributed by atoms with Gasteiger partial charge in [0.05, 0.1) is 16.3 Å². The third-order valence-corrected chi connectivity index (χ3v) is 6.11. The van der Waals surface area contributed by atoms with E-state index in [1.54, 1.807) is 53.4 Å². The lowest BCUT2D eigenvalue weighted by atomic mass is 10.2. The van der Waals surface area contributed by atoms with Crippen molar-refractivity contribution in [1.82, 2.24) is 0 Å². The summed E-state index contributed by atoms with van der Waals surface area (Å²) in [6.45, 7) is 0.200. The molecule has 2 aliphatic heterocycles. The first-order chi connectivity index (χ1) is 15.1. The maximum absolute atomic E-state index is 13.3. The summed E-state index contributed by atoms with van der Waals surface area (Å²) in [5, 5.41) is 1.76. The average Bonchev–Trinajstić information content (AvgIpc) is 3.35. The number of carbonyl (C=O) groups excluding carboxylic acids is 1. The third-order valence-electron chi connectivity index (χ3n) is 4.64. The van der Waals surface area contributed by atoms with Gasteiger partial charge in [0.2, 0.25) is 6.79 Å². The van der Waals surface area contributed by atoms with Crippen LogP contribution in [-0.2, 0) is 4.79 Å². The molecule has 2 aliphatic rings. The first kappa shape index (κ1) is 20.0. The number of ether oxygens (including phenoxy) is 2. The number of rotatable bonds is 3. The van der Waals surface area contributed by atoms with E-state index >= 15 is 0 Å². The predicted molar refractivity (Wildman–Crippen MR) is 126 cm³/mol. The molecule has 0 N–H and O–H groups in total. The fourth-order valence-corrected chi connectivity index (χ4v) is 4.40. The lowest BCUT2D eigenvalue weighted by Gasteiger charge is -2.15. The van der Waals surface area contributed by atoms with E-state index in [-0.39, 0.29) is 12.7 Å². The Hall–Kier alpha value is -2.93. The zero-order valence-corrected chi connectivity index (χ0v) is 18.2. The molecule has 1 saturated heterocycles. The second-order valence-corrected chi connectivity index (χ2v) is 8.59. The molecule has 5 rings (SSSR count). The summed E-state index contributed by atoms with van der Waals surface area (Å²) in [4.78, 5) is 20.1. The third kappa shape index (κ3) is 4.14. The van der Waals surface area contributed by atoms with Crippen molar-refractivity contribution >= 4 is 63.5 Å². The smallest absolute Gasteiger partial charge is 0.271 e. The van der Waals surface area contributed by atoms with E-state index in [0.717, 1.165) is 5.56 Å². The van der Waals surface area contributed by atoms with E-state index in [2.05, 4.69) is 4.99 Å². The Morgan fingerprint density at radius 3 is 2.32 bits per heavy atom. The highest BCUT2D eigenvalue weighted by atomic mass is 35.5. The van der Waals surface area contributed by atoms with Crippen LogP contribution in [0, 0.1) is 0 Å². The molecule has 1 fully saturated rings. The molecular weight excluding hydrogens is 455 g/mol. The molecular formula is C23H14Cl2N2O3S. The Morgan fingerprint density at radius 2 is 1.58 bits per heavy atom. The van der Waals surface area contributed by atoms with Crippen LogP contribution in [-0.4, -0.2) is 17.9 Å². The van der Waals surface area contributed by atoms with Gasteiger partial charge in [0.15, 0.2) is 16.7 Å². The molecule has 3 aromatic rings. The van der Waals surface area contributed by atoms with Gasteiger partial charge in [0.25, 0.3) is 5.91 Å². The van der Waals surface area contributed by atoms with Crippen molar-refractivity contribution in [1.29, 1.82) is 0 Å². The van der Waals surface area contributed by atoms with Crippen molar-refractivity contribution in [2.75, 3.05) is 11.7 Å². The second kappa shape index (κ2) is 8.30. The van der Waals surface area contributed by atoms with Gasteiger partial charge < -0.3 is 9.47 Å². The number of thioether (sulfide) groups is 1. The van der Waals surface area contributed by atoms with Crippen LogP contribution >= 0.6 is 35.0 Å². The van der Waals surface area contributed by atoms with E-state index in [1.807, 2.05) is 24.3 Å². The van der Waals surface area contributed by atoms with Crippen LogP contribution in [0.15, 0.2) is 76.6 Å². The molecule has 0 radical (unpaired) electrons. The molecule has 0 spiro atoms. The summed E-state index contributed by atoms with van der Waals surface area (Å²) in [5.41, 5.74) is 2.22. The lowest BCUT2D eigenvalue weighted by Crippen LogP contribution is -2.28. The first-order valence-electron chi connectivity index (χ1n) is 9.30. The molecule has 0 saturated carbocycles. The Labute approximate surface area is 192 Å². The van der Waals surface area contributed by atoms with Gasteiger partial charge in [-0.05, 0) is 84.1 Å². The van der Waals surface area contributed by atoms with Crippen molar-refractivity contribution < 1.29 is 14.3 Å². The van der Waals surface area contributed by atoms with Gasteiger partial charge in [-0.1, -0.05) is 29.3 Å². The molecule has 0 bridgehead atoms. The Bertz CT molecular complexity index is 1220. The number of nitrogens with zero attached hydrogens (tertiary/aromatic N) is 2. The minimum absolute atomic E-state index is 0.169. The minimum Gasteiger partial charge on any atom is -0.454 e. The normalized spacial score (nSPS) is 17.7. The summed E-state index contributed by atoms with van der Waals surface area (Å²) < 4.78 is 10.8. The quantitative estimate of drug-likeness (QED) is 0.410. The van der Waals surface area contributed by atoms with Gasteiger partial charge >= 0.3 is 0 Å². The molecule has 0 aliphatic carbocycles. The summed E-state index contributed by atoms with van der Waals surface area (Å²) >= 11 is 13.3. The first-order valence-corrected chi connectivity index (χ1v) is 10.9. The van der Waals surface area contributed by atoms with E-state index in [0.29, 0.717) is 43.0 Å². The van der Waals surface area contributed by atoms with Gasteiger partial charge in [-0.25, -0.2) is 4.99 Å². The van der Waals surface area contributed by atoms with Gasteiger partial charge in [0.1, 0.15) is 0 Å². The topological polar surface area (TPSA) is 51.1 Å². The maximum Gasteiger partial charge on any atom is 0.271 e. The lowest BCUT2D eigenvalue weighted by molar-refractivity contribution is -0.113. The molecule has 0 atom stereocenters. The van der Waals surface area contributed by atoms with Gasteiger partial charge in [-0.3, -0.25) is 9.69 Å². The maximum atomic E-state index is 13.3. The number of hydrogen-bond donors (Lipinski definition) is 0. The zero-order chi connectivity index (χ0) is 21.4. The van der Waals surface area contributed by atoms with Crippen LogP contribution in [0.25, 0.3) is 6.08 Å². The fraction of sp³-hybridized carbons (Fsp3) is 0.0435. The predicted octanol–water partition coefficient (Wildman–Crippen LogP) is 6.53. The van der Waals surface area contributed by atoms with Crippen LogP contribution in [0.1, 0.15) is 5.56 Å². The monoisotopic (exact) mass is 468 g/mol. The number of amides is 1. The van der Waals surface area contributed by atoms with Crippen LogP contribution in [0.4, 0.5) is 11.4 Å². The number of benzene rings is 3. The Morgan fingerprint density at radius 1 is 0.903 bits per heavy atom. The Kier molecular flexibility index (Phi) is 5.36. The average molecular weight is 469 g/mol. The molecule has 0 aromatic heterocycles. The van der Waals surface area contributed by atoms with E-state index in [1.165, 1.54) is 11.8 Å². The fourth-order valence-electron chi connectivity index (χ4n) is 3.15. The van der Waals surface area contributed by atoms with E-state index < -0.39 is 0 Å². The summed E-state index contributed by atoms with van der Waals surface area (Å²) in [7, 11) is 0. The highest BCUT2D eigenvalue weighted by Crippen LogP contribution is 2.39. The number of aliphatic imine (C=N–C) groups is 1. The largest absolute Gasteiger partial charge is 0.454 e. The van der Waals surface area contributed by atoms with Crippen LogP contribution in [0.3, 0.4) is 0 Å². The molecule has 31 heavy (non-hydrogen) atoms. The molecule has 8 heteroatoms. The van der Waals surface area contributed by atoms with Gasteiger partial charge in [0, 0.05) is 10.0 Å². The van der Waals surface area contributed by atoms with Gasteiger partial charge in [-0.2, -0.15) is 0 Å².